The van der Waals surface area contributed by atoms with Crippen LogP contribution in [0.15, 0.2) is 24.3 Å². The first-order valence-corrected chi connectivity index (χ1v) is 5.84. The van der Waals surface area contributed by atoms with Crippen LogP contribution in [0.25, 0.3) is 0 Å². The summed E-state index contributed by atoms with van der Waals surface area (Å²) in [5.41, 5.74) is -0.0388. The van der Waals surface area contributed by atoms with Gasteiger partial charge in [-0.1, -0.05) is 6.92 Å². The molecular formula is C12H16N2O5. The number of nitrogens with zero attached hydrogens (tertiary/aromatic N) is 1. The molecule has 104 valence electrons. The van der Waals surface area contributed by atoms with Gasteiger partial charge in [-0.25, -0.2) is 0 Å². The molecule has 2 N–H and O–H groups in total. The van der Waals surface area contributed by atoms with Crippen LogP contribution in [0.3, 0.4) is 0 Å². The zero-order valence-corrected chi connectivity index (χ0v) is 10.5. The molecule has 0 aliphatic rings. The minimum absolute atomic E-state index is 0.0388. The Bertz CT molecular complexity index is 428. The Kier molecular flexibility index (Phi) is 5.74. The number of carbonyl (C=O) groups is 1. The van der Waals surface area contributed by atoms with E-state index in [4.69, 9.17) is 9.84 Å². The summed E-state index contributed by atoms with van der Waals surface area (Å²) in [5.74, 6) is 0.0250. The predicted octanol–water partition coefficient (Wildman–Crippen LogP) is 0.861. The van der Waals surface area contributed by atoms with Gasteiger partial charge in [0.15, 0.2) is 6.61 Å². The van der Waals surface area contributed by atoms with E-state index in [-0.39, 0.29) is 30.9 Å². The van der Waals surface area contributed by atoms with E-state index < -0.39 is 4.92 Å². The second-order valence-electron chi connectivity index (χ2n) is 3.89. The van der Waals surface area contributed by atoms with Crippen molar-refractivity contribution in [1.29, 1.82) is 0 Å². The summed E-state index contributed by atoms with van der Waals surface area (Å²) in [5, 5.41) is 22.0. The van der Waals surface area contributed by atoms with Gasteiger partial charge >= 0.3 is 0 Å². The molecule has 0 heterocycles. The Morgan fingerprint density at radius 1 is 1.47 bits per heavy atom. The summed E-state index contributed by atoms with van der Waals surface area (Å²) in [4.78, 5) is 21.4. The third kappa shape index (κ3) is 4.92. The van der Waals surface area contributed by atoms with Crippen LogP contribution in [-0.2, 0) is 4.79 Å². The smallest absolute Gasteiger partial charge is 0.269 e. The topological polar surface area (TPSA) is 102 Å². The van der Waals surface area contributed by atoms with Gasteiger partial charge in [0.05, 0.1) is 17.6 Å². The van der Waals surface area contributed by atoms with Gasteiger partial charge in [0.2, 0.25) is 0 Å². The lowest BCUT2D eigenvalue weighted by atomic mass is 10.2. The fraction of sp³-hybridized carbons (Fsp3) is 0.417. The van der Waals surface area contributed by atoms with E-state index in [9.17, 15) is 14.9 Å². The van der Waals surface area contributed by atoms with E-state index in [0.29, 0.717) is 12.2 Å². The lowest BCUT2D eigenvalue weighted by molar-refractivity contribution is -0.384. The van der Waals surface area contributed by atoms with Crippen molar-refractivity contribution >= 4 is 11.6 Å². The highest BCUT2D eigenvalue weighted by Gasteiger charge is 2.10. The SMILES string of the molecule is CC[C@@H](CO)NC(=O)COc1ccc([N+](=O)[O-])cc1. The molecule has 1 amide bonds. The van der Waals surface area contributed by atoms with Gasteiger partial charge in [-0.3, -0.25) is 14.9 Å². The maximum absolute atomic E-state index is 11.5. The lowest BCUT2D eigenvalue weighted by Gasteiger charge is -2.14. The van der Waals surface area contributed by atoms with Crippen molar-refractivity contribution in [2.45, 2.75) is 19.4 Å². The van der Waals surface area contributed by atoms with Crippen molar-refractivity contribution in [3.8, 4) is 5.75 Å². The monoisotopic (exact) mass is 268 g/mol. The third-order valence-electron chi connectivity index (χ3n) is 2.50. The second kappa shape index (κ2) is 7.32. The molecule has 0 radical (unpaired) electrons. The second-order valence-corrected chi connectivity index (χ2v) is 3.89. The minimum atomic E-state index is -0.510. The molecule has 0 saturated carbocycles. The van der Waals surface area contributed by atoms with E-state index in [0.717, 1.165) is 0 Å². The number of ether oxygens (including phenoxy) is 1. The Hall–Kier alpha value is -2.15. The first kappa shape index (κ1) is 14.9. The van der Waals surface area contributed by atoms with Crippen molar-refractivity contribution < 1.29 is 19.6 Å². The Balaban J connectivity index is 2.43. The Morgan fingerprint density at radius 2 is 2.11 bits per heavy atom. The molecule has 0 unspecified atom stereocenters. The molecule has 0 spiro atoms. The number of nitrogens with one attached hydrogen (secondary N) is 1. The largest absolute Gasteiger partial charge is 0.484 e. The molecule has 1 aromatic rings. The van der Waals surface area contributed by atoms with Gasteiger partial charge in [-0.2, -0.15) is 0 Å². The fourth-order valence-corrected chi connectivity index (χ4v) is 1.36. The highest BCUT2D eigenvalue weighted by molar-refractivity contribution is 5.77. The summed E-state index contributed by atoms with van der Waals surface area (Å²) in [7, 11) is 0. The van der Waals surface area contributed by atoms with Crippen molar-refractivity contribution in [2.24, 2.45) is 0 Å². The molecule has 7 heteroatoms. The van der Waals surface area contributed by atoms with Crippen LogP contribution >= 0.6 is 0 Å². The summed E-state index contributed by atoms with van der Waals surface area (Å²) < 4.78 is 5.18. The number of aliphatic hydroxyl groups is 1. The van der Waals surface area contributed by atoms with Crippen LogP contribution in [0.4, 0.5) is 5.69 Å². The van der Waals surface area contributed by atoms with Crippen molar-refractivity contribution in [2.75, 3.05) is 13.2 Å². The number of hydrogen-bond acceptors (Lipinski definition) is 5. The number of nitro groups is 1. The van der Waals surface area contributed by atoms with Gasteiger partial charge in [0.1, 0.15) is 5.75 Å². The predicted molar refractivity (Wildman–Crippen MR) is 67.9 cm³/mol. The highest BCUT2D eigenvalue weighted by Crippen LogP contribution is 2.16. The standard InChI is InChI=1S/C12H16N2O5/c1-2-9(7-15)13-12(16)8-19-11-5-3-10(4-6-11)14(17)18/h3-6,9,15H,2,7-8H2,1H3,(H,13,16)/t9-/m0/s1. The van der Waals surface area contributed by atoms with Gasteiger partial charge in [0.25, 0.3) is 11.6 Å². The number of aliphatic hydroxyl groups excluding tert-OH is 1. The molecule has 7 nitrogen and oxygen atoms in total. The maximum Gasteiger partial charge on any atom is 0.269 e. The molecule has 0 aromatic heterocycles. The van der Waals surface area contributed by atoms with Crippen molar-refractivity contribution in [1.82, 2.24) is 5.32 Å². The molecule has 0 fully saturated rings. The third-order valence-corrected chi connectivity index (χ3v) is 2.50. The molecule has 0 bridgehead atoms. The molecule has 1 rings (SSSR count). The van der Waals surface area contributed by atoms with Crippen LogP contribution < -0.4 is 10.1 Å². The van der Waals surface area contributed by atoms with Gasteiger partial charge in [-0.05, 0) is 18.6 Å². The number of carbonyl (C=O) groups excluding carboxylic acids is 1. The average Bonchev–Trinajstić information content (AvgIpc) is 2.43. The molecular weight excluding hydrogens is 252 g/mol. The number of amides is 1. The molecule has 1 aromatic carbocycles. The van der Waals surface area contributed by atoms with E-state index in [1.807, 2.05) is 6.92 Å². The molecule has 0 aliphatic heterocycles. The van der Waals surface area contributed by atoms with E-state index in [1.165, 1.54) is 24.3 Å². The first-order valence-electron chi connectivity index (χ1n) is 5.84. The highest BCUT2D eigenvalue weighted by atomic mass is 16.6. The molecule has 0 saturated heterocycles. The van der Waals surface area contributed by atoms with E-state index in [1.54, 1.807) is 0 Å². The number of non-ortho nitro benzene ring substituents is 1. The molecule has 0 aliphatic carbocycles. The number of benzene rings is 1. The van der Waals surface area contributed by atoms with Crippen LogP contribution in [0, 0.1) is 10.1 Å². The zero-order chi connectivity index (χ0) is 14.3. The number of hydrogen-bond donors (Lipinski definition) is 2. The number of rotatable bonds is 7. The van der Waals surface area contributed by atoms with Crippen LogP contribution in [0.5, 0.6) is 5.75 Å². The minimum Gasteiger partial charge on any atom is -0.484 e. The van der Waals surface area contributed by atoms with Crippen LogP contribution in [0.1, 0.15) is 13.3 Å². The average molecular weight is 268 g/mol. The summed E-state index contributed by atoms with van der Waals surface area (Å²) >= 11 is 0. The Labute approximate surface area is 110 Å². The molecule has 1 atom stereocenters. The van der Waals surface area contributed by atoms with E-state index in [2.05, 4.69) is 5.32 Å². The Morgan fingerprint density at radius 3 is 2.58 bits per heavy atom. The summed E-state index contributed by atoms with van der Waals surface area (Å²) in [6.45, 7) is 1.52. The van der Waals surface area contributed by atoms with Gasteiger partial charge in [0, 0.05) is 12.1 Å². The van der Waals surface area contributed by atoms with Crippen molar-refractivity contribution in [3.05, 3.63) is 34.4 Å². The normalized spacial score (nSPS) is 11.7. The van der Waals surface area contributed by atoms with E-state index >= 15 is 0 Å². The van der Waals surface area contributed by atoms with Crippen LogP contribution in [-0.4, -0.2) is 35.2 Å². The summed E-state index contributed by atoms with van der Waals surface area (Å²) in [6, 6.07) is 5.17. The van der Waals surface area contributed by atoms with Crippen molar-refractivity contribution in [3.63, 3.8) is 0 Å². The first-order chi connectivity index (χ1) is 9.06. The summed E-state index contributed by atoms with van der Waals surface area (Å²) in [6.07, 6.45) is 0.625. The molecule has 19 heavy (non-hydrogen) atoms. The zero-order valence-electron chi connectivity index (χ0n) is 10.5. The quantitative estimate of drug-likeness (QED) is 0.564. The lowest BCUT2D eigenvalue weighted by Crippen LogP contribution is -2.39. The maximum atomic E-state index is 11.5. The van der Waals surface area contributed by atoms with Crippen LogP contribution in [0.2, 0.25) is 0 Å². The fourth-order valence-electron chi connectivity index (χ4n) is 1.36. The number of nitro benzene ring substituents is 1. The van der Waals surface area contributed by atoms with Gasteiger partial charge < -0.3 is 15.2 Å². The van der Waals surface area contributed by atoms with Gasteiger partial charge in [-0.15, -0.1) is 0 Å².